The number of hydrogen-bond acceptors (Lipinski definition) is 3. The summed E-state index contributed by atoms with van der Waals surface area (Å²) in [6.45, 7) is 3.12. The van der Waals surface area contributed by atoms with E-state index in [0.29, 0.717) is 21.7 Å². The average Bonchev–Trinajstić information content (AvgIpc) is 2.32. The first-order chi connectivity index (χ1) is 8.58. The summed E-state index contributed by atoms with van der Waals surface area (Å²) in [6.07, 6.45) is 2.97. The third kappa shape index (κ3) is 4.56. The number of aliphatic hydroxyl groups excluding tert-OH is 1. The molecule has 18 heavy (non-hydrogen) atoms. The Bertz CT molecular complexity index is 379. The second kappa shape index (κ2) is 7.72. The van der Waals surface area contributed by atoms with E-state index in [2.05, 4.69) is 12.2 Å². The molecule has 0 aliphatic rings. The molecule has 0 spiro atoms. The molecule has 102 valence electrons. The predicted octanol–water partition coefficient (Wildman–Crippen LogP) is 3.79. The lowest BCUT2D eigenvalue weighted by molar-refractivity contribution is 0.255. The molecule has 0 bridgehead atoms. The normalized spacial score (nSPS) is 12.4. The number of rotatable bonds is 7. The van der Waals surface area contributed by atoms with Gasteiger partial charge >= 0.3 is 0 Å². The highest BCUT2D eigenvalue weighted by molar-refractivity contribution is 6.42. The van der Waals surface area contributed by atoms with Crippen LogP contribution in [0.4, 0.5) is 11.4 Å². The van der Waals surface area contributed by atoms with Crippen molar-refractivity contribution in [2.75, 3.05) is 24.2 Å². The molecule has 5 heteroatoms. The fourth-order valence-corrected chi connectivity index (χ4v) is 2.24. The van der Waals surface area contributed by atoms with Gasteiger partial charge in [0.1, 0.15) is 0 Å². The summed E-state index contributed by atoms with van der Waals surface area (Å²) in [6, 6.07) is 3.38. The Kier molecular flexibility index (Phi) is 6.61. The van der Waals surface area contributed by atoms with Crippen LogP contribution in [0.1, 0.15) is 26.2 Å². The Morgan fingerprint density at radius 2 is 1.94 bits per heavy atom. The molecule has 1 aromatic carbocycles. The highest BCUT2D eigenvalue weighted by atomic mass is 35.5. The molecule has 0 aliphatic carbocycles. The maximum absolute atomic E-state index is 9.00. The zero-order valence-corrected chi connectivity index (χ0v) is 12.1. The van der Waals surface area contributed by atoms with E-state index in [1.165, 1.54) is 0 Å². The summed E-state index contributed by atoms with van der Waals surface area (Å²) >= 11 is 11.8. The molecular weight excluding hydrogens is 271 g/mol. The molecule has 0 heterocycles. The summed E-state index contributed by atoms with van der Waals surface area (Å²) in [5.74, 6) is 0.439. The van der Waals surface area contributed by atoms with Crippen LogP contribution in [-0.4, -0.2) is 18.3 Å². The van der Waals surface area contributed by atoms with E-state index in [-0.39, 0.29) is 6.61 Å². The van der Waals surface area contributed by atoms with Crippen LogP contribution >= 0.6 is 23.2 Å². The maximum Gasteiger partial charge on any atom is 0.0614 e. The van der Waals surface area contributed by atoms with Gasteiger partial charge in [0, 0.05) is 13.2 Å². The van der Waals surface area contributed by atoms with Gasteiger partial charge in [0.25, 0.3) is 0 Å². The third-order valence-electron chi connectivity index (χ3n) is 2.91. The standard InChI is InChI=1S/C13H20Cl2N2O/c1-2-3-9(4-5-18)8-17-13-7-11(15)10(14)6-12(13)16/h6-7,9,17-18H,2-5,8,16H2,1H3. The minimum Gasteiger partial charge on any atom is -0.397 e. The van der Waals surface area contributed by atoms with Gasteiger partial charge in [0.05, 0.1) is 21.4 Å². The molecule has 3 nitrogen and oxygen atoms in total. The molecule has 0 radical (unpaired) electrons. The van der Waals surface area contributed by atoms with Gasteiger partial charge in [-0.05, 0) is 30.9 Å². The Hall–Kier alpha value is -0.640. The van der Waals surface area contributed by atoms with E-state index in [9.17, 15) is 0 Å². The number of nitrogens with two attached hydrogens (primary N) is 1. The van der Waals surface area contributed by atoms with E-state index < -0.39 is 0 Å². The van der Waals surface area contributed by atoms with Crippen LogP contribution in [0.2, 0.25) is 10.0 Å². The topological polar surface area (TPSA) is 58.3 Å². The zero-order chi connectivity index (χ0) is 13.5. The van der Waals surface area contributed by atoms with Crippen molar-refractivity contribution in [3.8, 4) is 0 Å². The number of halogens is 2. The zero-order valence-electron chi connectivity index (χ0n) is 10.5. The summed E-state index contributed by atoms with van der Waals surface area (Å²) in [5.41, 5.74) is 7.25. The SMILES string of the molecule is CCCC(CCO)CNc1cc(Cl)c(Cl)cc1N. The fraction of sp³-hybridized carbons (Fsp3) is 0.538. The van der Waals surface area contributed by atoms with Gasteiger partial charge in [-0.3, -0.25) is 0 Å². The largest absolute Gasteiger partial charge is 0.397 e. The molecule has 0 amide bonds. The average molecular weight is 291 g/mol. The summed E-state index contributed by atoms with van der Waals surface area (Å²) in [4.78, 5) is 0. The summed E-state index contributed by atoms with van der Waals surface area (Å²) in [5, 5.41) is 13.2. The van der Waals surface area contributed by atoms with Gasteiger partial charge in [-0.15, -0.1) is 0 Å². The van der Waals surface area contributed by atoms with Gasteiger partial charge < -0.3 is 16.2 Å². The van der Waals surface area contributed by atoms with Crippen LogP contribution in [0.15, 0.2) is 12.1 Å². The van der Waals surface area contributed by atoms with E-state index in [0.717, 1.165) is 31.5 Å². The molecule has 1 aromatic rings. The Morgan fingerprint density at radius 3 is 2.56 bits per heavy atom. The van der Waals surface area contributed by atoms with Crippen molar-refractivity contribution in [1.82, 2.24) is 0 Å². The van der Waals surface area contributed by atoms with Gasteiger partial charge in [0.15, 0.2) is 0 Å². The molecule has 1 atom stereocenters. The van der Waals surface area contributed by atoms with E-state index in [1.807, 2.05) is 0 Å². The van der Waals surface area contributed by atoms with Crippen LogP contribution in [0.3, 0.4) is 0 Å². The number of benzene rings is 1. The molecule has 0 fully saturated rings. The van der Waals surface area contributed by atoms with Crippen molar-refractivity contribution in [3.05, 3.63) is 22.2 Å². The van der Waals surface area contributed by atoms with Crippen molar-refractivity contribution >= 4 is 34.6 Å². The molecule has 0 aromatic heterocycles. The molecule has 1 rings (SSSR count). The molecule has 0 saturated carbocycles. The van der Waals surface area contributed by atoms with E-state index >= 15 is 0 Å². The first-order valence-electron chi connectivity index (χ1n) is 6.17. The highest BCUT2D eigenvalue weighted by Gasteiger charge is 2.09. The number of anilines is 2. The first-order valence-corrected chi connectivity index (χ1v) is 6.93. The Morgan fingerprint density at radius 1 is 1.28 bits per heavy atom. The summed E-state index contributed by atoms with van der Waals surface area (Å²) < 4.78 is 0. The second-order valence-electron chi connectivity index (χ2n) is 4.40. The van der Waals surface area contributed by atoms with Gasteiger partial charge in [0.2, 0.25) is 0 Å². The number of aliphatic hydroxyl groups is 1. The highest BCUT2D eigenvalue weighted by Crippen LogP contribution is 2.31. The van der Waals surface area contributed by atoms with Gasteiger partial charge in [-0.1, -0.05) is 36.5 Å². The molecule has 0 saturated heterocycles. The third-order valence-corrected chi connectivity index (χ3v) is 3.63. The van der Waals surface area contributed by atoms with Crippen LogP contribution in [0.25, 0.3) is 0 Å². The van der Waals surface area contributed by atoms with E-state index in [4.69, 9.17) is 34.0 Å². The lowest BCUT2D eigenvalue weighted by Gasteiger charge is -2.18. The smallest absolute Gasteiger partial charge is 0.0614 e. The minimum atomic E-state index is 0.212. The monoisotopic (exact) mass is 290 g/mol. The van der Waals surface area contributed by atoms with E-state index in [1.54, 1.807) is 12.1 Å². The van der Waals surface area contributed by atoms with Crippen molar-refractivity contribution in [1.29, 1.82) is 0 Å². The predicted molar refractivity (Wildman–Crippen MR) is 79.5 cm³/mol. The lowest BCUT2D eigenvalue weighted by Crippen LogP contribution is -2.16. The van der Waals surface area contributed by atoms with Crippen molar-refractivity contribution in [2.24, 2.45) is 5.92 Å². The van der Waals surface area contributed by atoms with Crippen LogP contribution in [0.5, 0.6) is 0 Å². The quantitative estimate of drug-likeness (QED) is 0.670. The first kappa shape index (κ1) is 15.4. The second-order valence-corrected chi connectivity index (χ2v) is 5.22. The number of nitrogens with one attached hydrogen (secondary N) is 1. The molecule has 4 N–H and O–H groups in total. The van der Waals surface area contributed by atoms with Gasteiger partial charge in [-0.25, -0.2) is 0 Å². The van der Waals surface area contributed by atoms with Crippen molar-refractivity contribution in [3.63, 3.8) is 0 Å². The molecule has 0 aliphatic heterocycles. The van der Waals surface area contributed by atoms with Crippen molar-refractivity contribution in [2.45, 2.75) is 26.2 Å². The molecular formula is C13H20Cl2N2O. The van der Waals surface area contributed by atoms with Crippen LogP contribution in [-0.2, 0) is 0 Å². The molecule has 1 unspecified atom stereocenters. The Balaban J connectivity index is 2.64. The maximum atomic E-state index is 9.00. The lowest BCUT2D eigenvalue weighted by atomic mass is 10.00. The summed E-state index contributed by atoms with van der Waals surface area (Å²) in [7, 11) is 0. The Labute approximate surface area is 118 Å². The van der Waals surface area contributed by atoms with Crippen LogP contribution < -0.4 is 11.1 Å². The number of nitrogen functional groups attached to an aromatic ring is 1. The van der Waals surface area contributed by atoms with Crippen LogP contribution in [0, 0.1) is 5.92 Å². The van der Waals surface area contributed by atoms with Gasteiger partial charge in [-0.2, -0.15) is 0 Å². The van der Waals surface area contributed by atoms with Crippen molar-refractivity contribution < 1.29 is 5.11 Å². The fourth-order valence-electron chi connectivity index (χ4n) is 1.91. The minimum absolute atomic E-state index is 0.212. The number of hydrogen-bond donors (Lipinski definition) is 3.